The van der Waals surface area contributed by atoms with Gasteiger partial charge in [-0.1, -0.05) is 6.07 Å². The number of methoxy groups -OCH3 is 1. The summed E-state index contributed by atoms with van der Waals surface area (Å²) in [4.78, 5) is 24.0. The van der Waals surface area contributed by atoms with Gasteiger partial charge in [0.1, 0.15) is 0 Å². The van der Waals surface area contributed by atoms with Crippen LogP contribution in [0.2, 0.25) is 0 Å². The monoisotopic (exact) mass is 290 g/mol. The lowest BCUT2D eigenvalue weighted by atomic mass is 10.2. The molecule has 1 aliphatic carbocycles. The van der Waals surface area contributed by atoms with Crippen molar-refractivity contribution in [3.63, 3.8) is 0 Å². The van der Waals surface area contributed by atoms with Crippen molar-refractivity contribution in [1.82, 2.24) is 9.13 Å². The van der Waals surface area contributed by atoms with Crippen molar-refractivity contribution < 1.29 is 9.13 Å². The van der Waals surface area contributed by atoms with E-state index in [1.54, 1.807) is 18.5 Å². The Morgan fingerprint density at radius 1 is 1.24 bits per heavy atom. The fourth-order valence-electron chi connectivity index (χ4n) is 2.29. The summed E-state index contributed by atoms with van der Waals surface area (Å²) >= 11 is 0. The molecule has 0 radical (unpaired) electrons. The zero-order valence-electron chi connectivity index (χ0n) is 11.6. The van der Waals surface area contributed by atoms with E-state index >= 15 is 0 Å². The minimum atomic E-state index is -0.583. The third-order valence-corrected chi connectivity index (χ3v) is 3.59. The number of halogens is 1. The minimum Gasteiger partial charge on any atom is -0.494 e. The molecule has 0 amide bonds. The Morgan fingerprint density at radius 2 is 2.00 bits per heavy atom. The van der Waals surface area contributed by atoms with Crippen molar-refractivity contribution >= 4 is 0 Å². The first-order valence-corrected chi connectivity index (χ1v) is 6.74. The van der Waals surface area contributed by atoms with E-state index in [9.17, 15) is 14.0 Å². The lowest BCUT2D eigenvalue weighted by molar-refractivity contribution is 0.386. The molecule has 0 bridgehead atoms. The second-order valence-corrected chi connectivity index (χ2v) is 5.14. The molecule has 1 aromatic heterocycles. The van der Waals surface area contributed by atoms with Gasteiger partial charge in [-0.25, -0.2) is 4.39 Å². The minimum absolute atomic E-state index is 0.148. The summed E-state index contributed by atoms with van der Waals surface area (Å²) in [6, 6.07) is 4.64. The highest BCUT2D eigenvalue weighted by atomic mass is 19.1. The molecule has 1 aliphatic rings. The molecule has 0 aliphatic heterocycles. The predicted octanol–water partition coefficient (Wildman–Crippen LogP) is 1.54. The van der Waals surface area contributed by atoms with Crippen molar-refractivity contribution in [3.05, 3.63) is 62.7 Å². The number of benzene rings is 1. The largest absolute Gasteiger partial charge is 0.494 e. The van der Waals surface area contributed by atoms with Crippen LogP contribution in [-0.4, -0.2) is 16.2 Å². The summed E-state index contributed by atoms with van der Waals surface area (Å²) in [7, 11) is 1.39. The summed E-state index contributed by atoms with van der Waals surface area (Å²) in [5.74, 6) is -0.343. The van der Waals surface area contributed by atoms with Gasteiger partial charge in [0, 0.05) is 18.4 Å². The second kappa shape index (κ2) is 5.20. The lowest BCUT2D eigenvalue weighted by Gasteiger charge is -2.09. The average Bonchev–Trinajstić information content (AvgIpc) is 3.29. The molecular formula is C15H15FN2O3. The number of hydrogen-bond acceptors (Lipinski definition) is 3. The van der Waals surface area contributed by atoms with E-state index in [4.69, 9.17) is 4.74 Å². The molecule has 0 atom stereocenters. The smallest absolute Gasteiger partial charge is 0.316 e. The highest BCUT2D eigenvalue weighted by molar-refractivity contribution is 5.29. The summed E-state index contributed by atoms with van der Waals surface area (Å²) in [6.45, 7) is 0.153. The first kappa shape index (κ1) is 13.6. The molecule has 1 aromatic carbocycles. The van der Waals surface area contributed by atoms with Gasteiger partial charge in [0.2, 0.25) is 0 Å². The number of hydrogen-bond donors (Lipinski definition) is 0. The van der Waals surface area contributed by atoms with Crippen LogP contribution in [-0.2, 0) is 6.54 Å². The molecule has 0 spiro atoms. The van der Waals surface area contributed by atoms with Gasteiger partial charge in [0.25, 0.3) is 0 Å². The van der Waals surface area contributed by atoms with Gasteiger partial charge in [0.05, 0.1) is 13.7 Å². The van der Waals surface area contributed by atoms with Crippen molar-refractivity contribution in [3.8, 4) is 5.75 Å². The van der Waals surface area contributed by atoms with E-state index in [2.05, 4.69) is 0 Å². The Hall–Kier alpha value is -2.37. The van der Waals surface area contributed by atoms with Crippen molar-refractivity contribution in [2.75, 3.05) is 7.11 Å². The van der Waals surface area contributed by atoms with Gasteiger partial charge in [-0.15, -0.1) is 0 Å². The van der Waals surface area contributed by atoms with Crippen LogP contribution in [0, 0.1) is 5.82 Å². The molecule has 0 N–H and O–H groups in total. The molecule has 1 heterocycles. The normalized spacial score (nSPS) is 14.2. The first-order valence-electron chi connectivity index (χ1n) is 6.74. The Bertz CT molecular complexity index is 790. The van der Waals surface area contributed by atoms with Gasteiger partial charge in [-0.2, -0.15) is 0 Å². The van der Waals surface area contributed by atoms with Crippen LogP contribution in [0.5, 0.6) is 5.75 Å². The number of nitrogens with zero attached hydrogens (tertiary/aromatic N) is 2. The van der Waals surface area contributed by atoms with Crippen LogP contribution in [0.1, 0.15) is 24.4 Å². The molecule has 1 fully saturated rings. The number of aromatic nitrogens is 2. The Balaban J connectivity index is 1.91. The molecular weight excluding hydrogens is 275 g/mol. The standard InChI is InChI=1S/C15H15FN2O3/c1-21-13-5-2-10(8-12(13)16)9-17-6-7-18(11-3-4-11)15(20)14(17)19/h2,5-8,11H,3-4,9H2,1H3. The van der Waals surface area contributed by atoms with Crippen molar-refractivity contribution in [2.45, 2.75) is 25.4 Å². The molecule has 6 heteroatoms. The van der Waals surface area contributed by atoms with E-state index in [1.165, 1.54) is 28.4 Å². The SMILES string of the molecule is COc1ccc(Cn2ccn(C3CC3)c(=O)c2=O)cc1F. The van der Waals surface area contributed by atoms with Crippen LogP contribution in [0.3, 0.4) is 0 Å². The first-order chi connectivity index (χ1) is 10.1. The molecule has 110 valence electrons. The molecule has 0 saturated heterocycles. The maximum atomic E-state index is 13.6. The maximum Gasteiger partial charge on any atom is 0.316 e. The third-order valence-electron chi connectivity index (χ3n) is 3.59. The van der Waals surface area contributed by atoms with Crippen LogP contribution < -0.4 is 15.9 Å². The van der Waals surface area contributed by atoms with Gasteiger partial charge in [-0.3, -0.25) is 9.59 Å². The number of ether oxygens (including phenoxy) is 1. The summed E-state index contributed by atoms with van der Waals surface area (Å²) in [5.41, 5.74) is -0.506. The van der Waals surface area contributed by atoms with Crippen molar-refractivity contribution in [2.24, 2.45) is 0 Å². The van der Waals surface area contributed by atoms with E-state index < -0.39 is 16.9 Å². The quantitative estimate of drug-likeness (QED) is 0.803. The highest BCUT2D eigenvalue weighted by Crippen LogP contribution is 2.32. The summed E-state index contributed by atoms with van der Waals surface area (Å²) in [6.07, 6.45) is 5.07. The molecule has 2 aromatic rings. The van der Waals surface area contributed by atoms with Gasteiger partial charge in [0.15, 0.2) is 11.6 Å². The summed E-state index contributed by atoms with van der Waals surface area (Å²) in [5, 5.41) is 0. The van der Waals surface area contributed by atoms with E-state index in [0.29, 0.717) is 5.56 Å². The Labute approximate surface area is 120 Å². The molecule has 0 unspecified atom stereocenters. The zero-order valence-corrected chi connectivity index (χ0v) is 11.6. The highest BCUT2D eigenvalue weighted by Gasteiger charge is 2.25. The van der Waals surface area contributed by atoms with Crippen LogP contribution in [0.25, 0.3) is 0 Å². The molecule has 5 nitrogen and oxygen atoms in total. The van der Waals surface area contributed by atoms with Crippen LogP contribution >= 0.6 is 0 Å². The maximum absolute atomic E-state index is 13.6. The lowest BCUT2D eigenvalue weighted by Crippen LogP contribution is -2.40. The fraction of sp³-hybridized carbons (Fsp3) is 0.333. The molecule has 3 rings (SSSR count). The molecule has 1 saturated carbocycles. The third kappa shape index (κ3) is 2.61. The van der Waals surface area contributed by atoms with Crippen molar-refractivity contribution in [1.29, 1.82) is 0 Å². The topological polar surface area (TPSA) is 53.2 Å². The van der Waals surface area contributed by atoms with E-state index in [0.717, 1.165) is 12.8 Å². The zero-order chi connectivity index (χ0) is 15.0. The van der Waals surface area contributed by atoms with Gasteiger partial charge >= 0.3 is 11.1 Å². The van der Waals surface area contributed by atoms with Crippen LogP contribution in [0.15, 0.2) is 40.2 Å². The van der Waals surface area contributed by atoms with Crippen LogP contribution in [0.4, 0.5) is 4.39 Å². The summed E-state index contributed by atoms with van der Waals surface area (Å²) < 4.78 is 21.3. The van der Waals surface area contributed by atoms with Gasteiger partial charge in [-0.05, 0) is 30.5 Å². The second-order valence-electron chi connectivity index (χ2n) is 5.14. The fourth-order valence-corrected chi connectivity index (χ4v) is 2.29. The Morgan fingerprint density at radius 3 is 2.62 bits per heavy atom. The average molecular weight is 290 g/mol. The predicted molar refractivity (Wildman–Crippen MR) is 75.3 cm³/mol. The Kier molecular flexibility index (Phi) is 3.37. The van der Waals surface area contributed by atoms with Gasteiger partial charge < -0.3 is 13.9 Å². The molecule has 21 heavy (non-hydrogen) atoms. The van der Waals surface area contributed by atoms with E-state index in [-0.39, 0.29) is 18.3 Å². The number of rotatable bonds is 4. The van der Waals surface area contributed by atoms with E-state index in [1.807, 2.05) is 0 Å².